The van der Waals surface area contributed by atoms with Crippen LogP contribution < -0.4 is 10.2 Å². The summed E-state index contributed by atoms with van der Waals surface area (Å²) < 4.78 is 17.1. The highest BCUT2D eigenvalue weighted by Gasteiger charge is 2.43. The fraction of sp³-hybridized carbons (Fsp3) is 0.480. The first-order chi connectivity index (χ1) is 16.1. The maximum atomic E-state index is 15.4. The minimum Gasteiger partial charge on any atom is -0.507 e. The maximum absolute atomic E-state index is 15.4. The number of aromatic nitrogens is 4. The molecule has 7 nitrogen and oxygen atoms in total. The van der Waals surface area contributed by atoms with Gasteiger partial charge in [0.05, 0.1) is 17.9 Å². The van der Waals surface area contributed by atoms with Gasteiger partial charge in [-0.25, -0.2) is 4.39 Å². The SMILES string of the molecule is Cn1cc(-c2ccc(-c3cc4c(nn3)N([C@H]3C[C@@H]5CCC[C@@H](N5)[C@H]3F)CCC4)c(O)c2)cn1. The van der Waals surface area contributed by atoms with Crippen molar-refractivity contribution in [2.45, 2.75) is 62.8 Å². The van der Waals surface area contributed by atoms with Gasteiger partial charge in [-0.3, -0.25) is 4.68 Å². The summed E-state index contributed by atoms with van der Waals surface area (Å²) in [5.74, 6) is 0.970. The van der Waals surface area contributed by atoms with Gasteiger partial charge in [0, 0.05) is 43.0 Å². The zero-order chi connectivity index (χ0) is 22.5. The van der Waals surface area contributed by atoms with E-state index < -0.39 is 6.17 Å². The van der Waals surface area contributed by atoms with Crippen molar-refractivity contribution in [3.8, 4) is 28.1 Å². The zero-order valence-corrected chi connectivity index (χ0v) is 18.8. The van der Waals surface area contributed by atoms with Crippen LogP contribution in [0.4, 0.5) is 10.2 Å². The highest BCUT2D eigenvalue weighted by Crippen LogP contribution is 2.38. The van der Waals surface area contributed by atoms with Crippen molar-refractivity contribution in [1.29, 1.82) is 0 Å². The Bertz CT molecular complexity index is 1180. The Morgan fingerprint density at radius 3 is 2.85 bits per heavy atom. The van der Waals surface area contributed by atoms with Crippen LogP contribution in [0.15, 0.2) is 36.7 Å². The van der Waals surface area contributed by atoms with Crippen molar-refractivity contribution in [3.63, 3.8) is 0 Å². The van der Waals surface area contributed by atoms with Crippen LogP contribution in [0, 0.1) is 0 Å². The quantitative estimate of drug-likeness (QED) is 0.637. The molecule has 0 unspecified atom stereocenters. The summed E-state index contributed by atoms with van der Waals surface area (Å²) in [5, 5.41) is 27.5. The molecule has 0 saturated carbocycles. The van der Waals surface area contributed by atoms with Gasteiger partial charge in [-0.2, -0.15) is 5.10 Å². The number of fused-ring (bicyclic) bond motifs is 3. The van der Waals surface area contributed by atoms with E-state index in [0.717, 1.165) is 67.6 Å². The number of benzene rings is 1. The van der Waals surface area contributed by atoms with Crippen LogP contribution in [0.2, 0.25) is 0 Å². The lowest BCUT2D eigenvalue weighted by molar-refractivity contribution is 0.104. The molecular weight excluding hydrogens is 419 g/mol. The highest BCUT2D eigenvalue weighted by atomic mass is 19.1. The molecule has 3 aliphatic rings. The molecule has 2 aromatic heterocycles. The van der Waals surface area contributed by atoms with E-state index in [-0.39, 0.29) is 17.8 Å². The molecule has 0 aliphatic carbocycles. The number of nitrogens with one attached hydrogen (secondary N) is 1. The molecule has 2 N–H and O–H groups in total. The Hall–Kier alpha value is -3.00. The predicted molar refractivity (Wildman–Crippen MR) is 125 cm³/mol. The van der Waals surface area contributed by atoms with Crippen LogP contribution >= 0.6 is 0 Å². The molecule has 3 aromatic rings. The van der Waals surface area contributed by atoms with Gasteiger partial charge in [0.1, 0.15) is 11.9 Å². The second-order valence-corrected chi connectivity index (χ2v) is 9.66. The van der Waals surface area contributed by atoms with Crippen LogP contribution in [-0.4, -0.2) is 55.9 Å². The van der Waals surface area contributed by atoms with Crippen LogP contribution in [0.5, 0.6) is 5.75 Å². The first kappa shape index (κ1) is 20.6. The average molecular weight is 449 g/mol. The molecule has 0 spiro atoms. The van der Waals surface area contributed by atoms with E-state index in [1.807, 2.05) is 31.4 Å². The first-order valence-electron chi connectivity index (χ1n) is 11.9. The number of aromatic hydroxyl groups is 1. The molecule has 3 aliphatic heterocycles. The average Bonchev–Trinajstić information content (AvgIpc) is 3.27. The van der Waals surface area contributed by atoms with Gasteiger partial charge in [-0.1, -0.05) is 12.5 Å². The third-order valence-corrected chi connectivity index (χ3v) is 7.48. The van der Waals surface area contributed by atoms with E-state index >= 15 is 4.39 Å². The minimum atomic E-state index is -0.891. The molecular formula is C25H29FN6O. The summed E-state index contributed by atoms with van der Waals surface area (Å²) in [6.45, 7) is 0.816. The van der Waals surface area contributed by atoms with Gasteiger partial charge in [0.25, 0.3) is 0 Å². The number of anilines is 1. The van der Waals surface area contributed by atoms with Crippen molar-refractivity contribution in [2.75, 3.05) is 11.4 Å². The third-order valence-electron chi connectivity index (χ3n) is 7.48. The van der Waals surface area contributed by atoms with Crippen LogP contribution in [0.1, 0.15) is 37.7 Å². The molecule has 172 valence electrons. The van der Waals surface area contributed by atoms with E-state index in [4.69, 9.17) is 0 Å². The summed E-state index contributed by atoms with van der Waals surface area (Å²) in [6, 6.07) is 7.79. The van der Waals surface area contributed by atoms with Crippen molar-refractivity contribution < 1.29 is 9.50 Å². The Morgan fingerprint density at radius 1 is 1.12 bits per heavy atom. The summed E-state index contributed by atoms with van der Waals surface area (Å²) in [7, 11) is 1.87. The van der Waals surface area contributed by atoms with Gasteiger partial charge < -0.3 is 15.3 Å². The second kappa shape index (κ2) is 8.09. The van der Waals surface area contributed by atoms with Crippen molar-refractivity contribution in [3.05, 3.63) is 42.2 Å². The molecule has 2 fully saturated rings. The molecule has 6 rings (SSSR count). The topological polar surface area (TPSA) is 79.1 Å². The zero-order valence-electron chi connectivity index (χ0n) is 18.8. The number of phenols is 1. The fourth-order valence-electron chi connectivity index (χ4n) is 5.83. The molecule has 5 heterocycles. The van der Waals surface area contributed by atoms with Gasteiger partial charge >= 0.3 is 0 Å². The van der Waals surface area contributed by atoms with Crippen LogP contribution in [0.3, 0.4) is 0 Å². The Morgan fingerprint density at radius 2 is 2.03 bits per heavy atom. The van der Waals surface area contributed by atoms with E-state index in [1.165, 1.54) is 0 Å². The van der Waals surface area contributed by atoms with Gasteiger partial charge in [0.15, 0.2) is 5.82 Å². The molecule has 33 heavy (non-hydrogen) atoms. The maximum Gasteiger partial charge on any atom is 0.154 e. The third kappa shape index (κ3) is 3.66. The minimum absolute atomic E-state index is 0.0459. The monoisotopic (exact) mass is 448 g/mol. The Balaban J connectivity index is 1.29. The summed E-state index contributed by atoms with van der Waals surface area (Å²) in [4.78, 5) is 2.16. The number of halogens is 1. The number of hydrogen-bond acceptors (Lipinski definition) is 6. The lowest BCUT2D eigenvalue weighted by atomic mass is 9.81. The Labute approximate surface area is 192 Å². The lowest BCUT2D eigenvalue weighted by Gasteiger charge is -2.48. The van der Waals surface area contributed by atoms with Gasteiger partial charge in [-0.15, -0.1) is 10.2 Å². The van der Waals surface area contributed by atoms with Crippen molar-refractivity contribution in [1.82, 2.24) is 25.3 Å². The van der Waals surface area contributed by atoms with Gasteiger partial charge in [-0.05, 0) is 61.4 Å². The summed E-state index contributed by atoms with van der Waals surface area (Å²) >= 11 is 0. The largest absolute Gasteiger partial charge is 0.507 e. The summed E-state index contributed by atoms with van der Waals surface area (Å²) in [6.07, 6.45) is 8.61. The van der Waals surface area contributed by atoms with E-state index in [9.17, 15) is 5.11 Å². The highest BCUT2D eigenvalue weighted by molar-refractivity contribution is 5.74. The number of piperidine rings is 2. The smallest absolute Gasteiger partial charge is 0.154 e. The summed E-state index contributed by atoms with van der Waals surface area (Å²) in [5.41, 5.74) is 4.21. The van der Waals surface area contributed by atoms with E-state index in [1.54, 1.807) is 16.9 Å². The number of phenolic OH excluding ortho intramolecular Hbond substituents is 1. The van der Waals surface area contributed by atoms with Crippen LogP contribution in [0.25, 0.3) is 22.4 Å². The molecule has 0 amide bonds. The first-order valence-corrected chi connectivity index (χ1v) is 11.9. The van der Waals surface area contributed by atoms with Gasteiger partial charge in [0.2, 0.25) is 0 Å². The molecule has 1 aromatic carbocycles. The fourth-order valence-corrected chi connectivity index (χ4v) is 5.83. The second-order valence-electron chi connectivity index (χ2n) is 9.66. The number of alkyl halides is 1. The molecule has 8 heteroatoms. The number of hydrogen-bond donors (Lipinski definition) is 2. The van der Waals surface area contributed by atoms with Crippen molar-refractivity contribution >= 4 is 5.82 Å². The number of aryl methyl sites for hydroxylation is 2. The van der Waals surface area contributed by atoms with E-state index in [0.29, 0.717) is 17.3 Å². The lowest BCUT2D eigenvalue weighted by Crippen LogP contribution is -2.62. The normalized spacial score (nSPS) is 26.8. The molecule has 2 bridgehead atoms. The van der Waals surface area contributed by atoms with Crippen molar-refractivity contribution in [2.24, 2.45) is 7.05 Å². The standard InChI is InChI=1S/C25H29FN6O/c1-31-14-17(13-27-31)15-7-8-19(23(33)11-15)21-10-16-4-3-9-32(25(16)30-29-21)22-12-18-5-2-6-20(28-18)24(22)26/h7-8,10-11,13-14,18,20,22,24,28,33H,2-6,9,12H2,1H3/t18-,20+,22-,24+/m0/s1. The predicted octanol–water partition coefficient (Wildman–Crippen LogP) is 3.62. The number of rotatable bonds is 3. The molecule has 2 saturated heterocycles. The van der Waals surface area contributed by atoms with E-state index in [2.05, 4.69) is 25.5 Å². The Kier molecular flexibility index (Phi) is 5.05. The molecule has 4 atom stereocenters. The number of nitrogens with zero attached hydrogens (tertiary/aromatic N) is 5. The molecule has 0 radical (unpaired) electrons. The van der Waals surface area contributed by atoms with Crippen LogP contribution in [-0.2, 0) is 13.5 Å².